The normalized spacial score (nSPS) is 12.9. The maximum Gasteiger partial charge on any atom is 0.306 e. The molecule has 0 aliphatic heterocycles. The molecule has 0 bridgehead atoms. The van der Waals surface area contributed by atoms with E-state index >= 15 is 0 Å². The van der Waals surface area contributed by atoms with Gasteiger partial charge in [0.1, 0.15) is 13.2 Å². The average molecular weight is 833 g/mol. The maximum absolute atomic E-state index is 12.7. The molecule has 0 aromatic rings. The van der Waals surface area contributed by atoms with Crippen LogP contribution in [0.2, 0.25) is 0 Å². The molecule has 1 unspecified atom stereocenters. The Bertz CT molecular complexity index is 1230. The van der Waals surface area contributed by atoms with E-state index in [0.717, 1.165) is 89.9 Å². The molecule has 0 rings (SSSR count). The van der Waals surface area contributed by atoms with E-state index in [1.807, 2.05) is 0 Å². The summed E-state index contributed by atoms with van der Waals surface area (Å²) < 4.78 is 16.6. The molecule has 0 heterocycles. The predicted molar refractivity (Wildman–Crippen MR) is 256 cm³/mol. The van der Waals surface area contributed by atoms with Crippen LogP contribution in [0.1, 0.15) is 207 Å². The first-order valence-electron chi connectivity index (χ1n) is 24.2. The van der Waals surface area contributed by atoms with Crippen molar-refractivity contribution in [3.05, 3.63) is 97.2 Å². The summed E-state index contributed by atoms with van der Waals surface area (Å²) in [7, 11) is 0. The highest BCUT2D eigenvalue weighted by Crippen LogP contribution is 2.12. The lowest BCUT2D eigenvalue weighted by Crippen LogP contribution is -2.30. The van der Waals surface area contributed by atoms with Gasteiger partial charge in [-0.2, -0.15) is 0 Å². The van der Waals surface area contributed by atoms with E-state index in [9.17, 15) is 14.4 Å². The van der Waals surface area contributed by atoms with E-state index in [4.69, 9.17) is 14.2 Å². The molecule has 0 aromatic heterocycles. The van der Waals surface area contributed by atoms with Gasteiger partial charge in [-0.05, 0) is 109 Å². The van der Waals surface area contributed by atoms with Crippen molar-refractivity contribution in [2.75, 3.05) is 13.2 Å². The molecule has 0 aliphatic carbocycles. The van der Waals surface area contributed by atoms with Gasteiger partial charge in [0.15, 0.2) is 6.10 Å². The zero-order chi connectivity index (χ0) is 43.7. The third kappa shape index (κ3) is 45.4. The van der Waals surface area contributed by atoms with E-state index in [-0.39, 0.29) is 37.5 Å². The number of hydrogen-bond acceptors (Lipinski definition) is 6. The molecule has 0 radical (unpaired) electrons. The molecule has 1 atom stereocenters. The zero-order valence-corrected chi connectivity index (χ0v) is 38.7. The summed E-state index contributed by atoms with van der Waals surface area (Å²) in [5.41, 5.74) is 0. The highest BCUT2D eigenvalue weighted by Gasteiger charge is 2.19. The first-order chi connectivity index (χ1) is 29.5. The Balaban J connectivity index is 4.49. The van der Waals surface area contributed by atoms with Crippen LogP contribution >= 0.6 is 0 Å². The molecule has 60 heavy (non-hydrogen) atoms. The molecule has 6 heteroatoms. The number of carbonyl (C=O) groups excluding carboxylic acids is 3. The van der Waals surface area contributed by atoms with Crippen LogP contribution in [-0.4, -0.2) is 37.2 Å². The van der Waals surface area contributed by atoms with Gasteiger partial charge in [-0.15, -0.1) is 0 Å². The molecule has 0 spiro atoms. The number of rotatable bonds is 42. The zero-order valence-electron chi connectivity index (χ0n) is 38.7. The van der Waals surface area contributed by atoms with Crippen LogP contribution in [0, 0.1) is 0 Å². The molecular formula is C54H88O6. The Morgan fingerprint density at radius 2 is 0.667 bits per heavy atom. The Labute approximate surface area is 368 Å². The maximum atomic E-state index is 12.7. The van der Waals surface area contributed by atoms with Gasteiger partial charge >= 0.3 is 17.9 Å². The van der Waals surface area contributed by atoms with Crippen molar-refractivity contribution in [2.24, 2.45) is 0 Å². The standard InChI is InChI=1S/C54H88O6/c1-4-7-10-13-16-19-21-23-25-27-29-30-32-35-38-41-44-47-53(56)59-50-51(49-58-52(55)46-43-40-37-34-18-15-12-9-6-3)60-54(57)48-45-42-39-36-33-31-28-26-24-22-20-17-14-11-8-5-2/h8,11,16-17,19-20,23-26,29-30,34-35,37-38,51H,4-7,9-10,12-15,18,21-22,27-28,31-33,36,39-50H2,1-3H3/b11-8-,19-16-,20-17-,25-23-,26-24-,30-29-,37-34-,38-35-. The minimum atomic E-state index is -0.816. The van der Waals surface area contributed by atoms with Crippen molar-refractivity contribution >= 4 is 17.9 Å². The minimum Gasteiger partial charge on any atom is -0.462 e. The summed E-state index contributed by atoms with van der Waals surface area (Å²) >= 11 is 0. The fourth-order valence-corrected chi connectivity index (χ4v) is 6.16. The number of hydrogen-bond donors (Lipinski definition) is 0. The first kappa shape index (κ1) is 56.3. The van der Waals surface area contributed by atoms with Crippen LogP contribution in [-0.2, 0) is 28.6 Å². The highest BCUT2D eigenvalue weighted by molar-refractivity contribution is 5.71. The van der Waals surface area contributed by atoms with Gasteiger partial charge in [0.2, 0.25) is 0 Å². The van der Waals surface area contributed by atoms with Gasteiger partial charge in [-0.3, -0.25) is 14.4 Å². The quantitative estimate of drug-likeness (QED) is 0.0264. The van der Waals surface area contributed by atoms with Crippen LogP contribution in [0.25, 0.3) is 0 Å². The lowest BCUT2D eigenvalue weighted by Gasteiger charge is -2.18. The number of ether oxygens (including phenoxy) is 3. The van der Waals surface area contributed by atoms with Crippen LogP contribution < -0.4 is 0 Å². The smallest absolute Gasteiger partial charge is 0.306 e. The van der Waals surface area contributed by atoms with Crippen molar-refractivity contribution in [2.45, 2.75) is 213 Å². The molecular weight excluding hydrogens is 745 g/mol. The van der Waals surface area contributed by atoms with Crippen molar-refractivity contribution in [3.8, 4) is 0 Å². The van der Waals surface area contributed by atoms with Crippen LogP contribution in [0.5, 0.6) is 0 Å². The minimum absolute atomic E-state index is 0.117. The monoisotopic (exact) mass is 833 g/mol. The fourth-order valence-electron chi connectivity index (χ4n) is 6.16. The number of unbranched alkanes of at least 4 members (excludes halogenated alkanes) is 15. The van der Waals surface area contributed by atoms with Gasteiger partial charge in [0.25, 0.3) is 0 Å². The van der Waals surface area contributed by atoms with E-state index < -0.39 is 6.10 Å². The second-order valence-electron chi connectivity index (χ2n) is 15.6. The largest absolute Gasteiger partial charge is 0.462 e. The first-order valence-corrected chi connectivity index (χ1v) is 24.2. The third-order valence-electron chi connectivity index (χ3n) is 9.79. The Morgan fingerprint density at radius 1 is 0.350 bits per heavy atom. The topological polar surface area (TPSA) is 78.9 Å². The summed E-state index contributed by atoms with van der Waals surface area (Å²) in [6.07, 6.45) is 62.6. The summed E-state index contributed by atoms with van der Waals surface area (Å²) in [4.78, 5) is 37.8. The third-order valence-corrected chi connectivity index (χ3v) is 9.79. The Kier molecular flexibility index (Phi) is 45.1. The highest BCUT2D eigenvalue weighted by atomic mass is 16.6. The van der Waals surface area contributed by atoms with Crippen LogP contribution in [0.3, 0.4) is 0 Å². The van der Waals surface area contributed by atoms with Gasteiger partial charge < -0.3 is 14.2 Å². The van der Waals surface area contributed by atoms with Gasteiger partial charge in [0.05, 0.1) is 0 Å². The summed E-state index contributed by atoms with van der Waals surface area (Å²) in [5.74, 6) is -1.03. The van der Waals surface area contributed by atoms with Crippen LogP contribution in [0.15, 0.2) is 97.2 Å². The van der Waals surface area contributed by atoms with Crippen molar-refractivity contribution in [3.63, 3.8) is 0 Å². The number of carbonyl (C=O) groups is 3. The van der Waals surface area contributed by atoms with Crippen molar-refractivity contribution in [1.82, 2.24) is 0 Å². The number of esters is 3. The van der Waals surface area contributed by atoms with Gasteiger partial charge in [0, 0.05) is 19.3 Å². The van der Waals surface area contributed by atoms with Gasteiger partial charge in [-0.25, -0.2) is 0 Å². The van der Waals surface area contributed by atoms with E-state index in [2.05, 4.69) is 118 Å². The fraction of sp³-hybridized carbons (Fsp3) is 0.648. The summed E-state index contributed by atoms with van der Waals surface area (Å²) in [6.45, 7) is 6.36. The Hall–Kier alpha value is -3.67. The molecule has 0 N–H and O–H groups in total. The molecule has 0 saturated heterocycles. The summed E-state index contributed by atoms with van der Waals surface area (Å²) in [6, 6.07) is 0. The van der Waals surface area contributed by atoms with E-state index in [1.54, 1.807) is 0 Å². The van der Waals surface area contributed by atoms with Gasteiger partial charge in [-0.1, -0.05) is 176 Å². The van der Waals surface area contributed by atoms with E-state index in [0.29, 0.717) is 25.7 Å². The second kappa shape index (κ2) is 48.0. The molecule has 0 fully saturated rings. The average Bonchev–Trinajstić information content (AvgIpc) is 3.24. The van der Waals surface area contributed by atoms with Crippen molar-refractivity contribution in [1.29, 1.82) is 0 Å². The van der Waals surface area contributed by atoms with Crippen molar-refractivity contribution < 1.29 is 28.6 Å². The number of allylic oxidation sites excluding steroid dienone is 16. The lowest BCUT2D eigenvalue weighted by atomic mass is 10.1. The molecule has 0 saturated carbocycles. The molecule has 0 aromatic carbocycles. The summed E-state index contributed by atoms with van der Waals surface area (Å²) in [5, 5.41) is 0. The SMILES string of the molecule is CC/C=C\C/C=C\C/C=C\CCCCCCCCC(=O)OC(COC(=O)CCC/C=C\C/C=C\C/C=C\C/C=C\CCCCC)COC(=O)CCC/C=C\CCCCCC. The van der Waals surface area contributed by atoms with E-state index in [1.165, 1.54) is 64.2 Å². The lowest BCUT2D eigenvalue weighted by molar-refractivity contribution is -0.167. The van der Waals surface area contributed by atoms with Crippen LogP contribution in [0.4, 0.5) is 0 Å². The predicted octanol–water partition coefficient (Wildman–Crippen LogP) is 15.8. The molecule has 6 nitrogen and oxygen atoms in total. The Morgan fingerprint density at radius 3 is 1.12 bits per heavy atom. The molecule has 0 amide bonds. The second-order valence-corrected chi connectivity index (χ2v) is 15.6. The molecule has 0 aliphatic rings. The molecule has 340 valence electrons.